The first-order chi connectivity index (χ1) is 8.31. The van der Waals surface area contributed by atoms with Crippen LogP contribution in [0.2, 0.25) is 0 Å². The first-order valence-corrected chi connectivity index (χ1v) is 6.63. The number of carbonyl (C=O) groups excluding carboxylic acids is 1. The van der Waals surface area contributed by atoms with Crippen LogP contribution in [-0.2, 0) is 11.2 Å². The lowest BCUT2D eigenvalue weighted by molar-refractivity contribution is -0.122. The van der Waals surface area contributed by atoms with Crippen molar-refractivity contribution in [3.63, 3.8) is 0 Å². The number of nitrogens with one attached hydrogen (secondary N) is 1. The van der Waals surface area contributed by atoms with Crippen LogP contribution in [0.5, 0.6) is 0 Å². The predicted molar refractivity (Wildman–Crippen MR) is 71.8 cm³/mol. The van der Waals surface area contributed by atoms with Gasteiger partial charge in [-0.1, -0.05) is 57.5 Å². The third-order valence-electron chi connectivity index (χ3n) is 3.27. The molecule has 1 amide bonds. The van der Waals surface area contributed by atoms with Gasteiger partial charge in [-0.25, -0.2) is 0 Å². The van der Waals surface area contributed by atoms with E-state index in [0.29, 0.717) is 5.92 Å². The lowest BCUT2D eigenvalue weighted by Gasteiger charge is -2.14. The van der Waals surface area contributed by atoms with Gasteiger partial charge in [-0.3, -0.25) is 4.79 Å². The van der Waals surface area contributed by atoms with Gasteiger partial charge < -0.3 is 5.32 Å². The summed E-state index contributed by atoms with van der Waals surface area (Å²) in [6.07, 6.45) is 1.96. The van der Waals surface area contributed by atoms with Crippen LogP contribution in [0.1, 0.15) is 32.8 Å². The molecule has 1 aromatic carbocycles. The van der Waals surface area contributed by atoms with Crippen LogP contribution in [-0.4, -0.2) is 12.5 Å². The molecule has 0 spiro atoms. The highest BCUT2D eigenvalue weighted by Gasteiger charge is 2.32. The van der Waals surface area contributed by atoms with Crippen LogP contribution in [0.25, 0.3) is 0 Å². The quantitative estimate of drug-likeness (QED) is 0.854. The fourth-order valence-electron chi connectivity index (χ4n) is 2.28. The molecule has 1 aliphatic rings. The molecule has 1 heterocycles. The normalized spacial score (nSPS) is 22.6. The van der Waals surface area contributed by atoms with E-state index in [0.717, 1.165) is 19.4 Å². The minimum Gasteiger partial charge on any atom is -0.356 e. The van der Waals surface area contributed by atoms with E-state index in [1.807, 2.05) is 32.0 Å². The molecular weight excluding hydrogens is 210 g/mol. The third-order valence-corrected chi connectivity index (χ3v) is 3.27. The van der Waals surface area contributed by atoms with E-state index < -0.39 is 0 Å². The lowest BCUT2D eigenvalue weighted by atomic mass is 9.87. The van der Waals surface area contributed by atoms with Gasteiger partial charge in [-0.2, -0.15) is 0 Å². The van der Waals surface area contributed by atoms with Crippen molar-refractivity contribution in [2.45, 2.75) is 33.6 Å². The Bertz CT molecular complexity index is 334. The maximum Gasteiger partial charge on any atom is 0.223 e. The van der Waals surface area contributed by atoms with Gasteiger partial charge in [0.15, 0.2) is 0 Å². The molecule has 0 aliphatic carbocycles. The Morgan fingerprint density at radius 3 is 2.47 bits per heavy atom. The Labute approximate surface area is 104 Å². The van der Waals surface area contributed by atoms with E-state index in [4.69, 9.17) is 0 Å². The summed E-state index contributed by atoms with van der Waals surface area (Å²) in [4.78, 5) is 11.6. The summed E-state index contributed by atoms with van der Waals surface area (Å²) in [5.74, 6) is 0.917. The molecule has 2 nitrogen and oxygen atoms in total. The highest BCUT2D eigenvalue weighted by Crippen LogP contribution is 2.24. The van der Waals surface area contributed by atoms with E-state index in [1.54, 1.807) is 0 Å². The first kappa shape index (κ1) is 13.8. The zero-order valence-electron chi connectivity index (χ0n) is 11.1. The third kappa shape index (κ3) is 3.58. The molecule has 1 N–H and O–H groups in total. The van der Waals surface area contributed by atoms with Gasteiger partial charge in [0.2, 0.25) is 5.91 Å². The highest BCUT2D eigenvalue weighted by atomic mass is 16.2. The zero-order valence-corrected chi connectivity index (χ0v) is 11.1. The molecule has 0 bridgehead atoms. The second-order valence-corrected chi connectivity index (χ2v) is 4.21. The zero-order chi connectivity index (χ0) is 12.7. The minimum atomic E-state index is 0.178. The molecule has 1 aliphatic heterocycles. The molecule has 1 saturated heterocycles. The van der Waals surface area contributed by atoms with Crippen LogP contribution in [0.15, 0.2) is 30.3 Å². The smallest absolute Gasteiger partial charge is 0.223 e. The summed E-state index contributed by atoms with van der Waals surface area (Å²) in [6.45, 7) is 7.01. The first-order valence-electron chi connectivity index (χ1n) is 6.63. The van der Waals surface area contributed by atoms with Crippen LogP contribution >= 0.6 is 0 Å². The molecule has 1 aromatic rings. The Kier molecular flexibility index (Phi) is 5.75. The van der Waals surface area contributed by atoms with Crippen molar-refractivity contribution in [1.82, 2.24) is 5.32 Å². The Morgan fingerprint density at radius 2 is 1.88 bits per heavy atom. The maximum atomic E-state index is 11.6. The Morgan fingerprint density at radius 1 is 1.24 bits per heavy atom. The number of hydrogen-bond donors (Lipinski definition) is 1. The van der Waals surface area contributed by atoms with E-state index >= 15 is 0 Å². The Hall–Kier alpha value is -1.31. The van der Waals surface area contributed by atoms with Crippen molar-refractivity contribution in [2.75, 3.05) is 6.54 Å². The molecule has 2 heteroatoms. The second kappa shape index (κ2) is 7.10. The van der Waals surface area contributed by atoms with E-state index in [2.05, 4.69) is 24.4 Å². The Balaban J connectivity index is 0.000000686. The summed E-state index contributed by atoms with van der Waals surface area (Å²) >= 11 is 0. The van der Waals surface area contributed by atoms with Gasteiger partial charge >= 0.3 is 0 Å². The summed E-state index contributed by atoms with van der Waals surface area (Å²) < 4.78 is 0. The number of amides is 1. The highest BCUT2D eigenvalue weighted by molar-refractivity contribution is 5.81. The molecule has 0 saturated carbocycles. The molecule has 2 atom stereocenters. The van der Waals surface area contributed by atoms with Crippen LogP contribution < -0.4 is 5.32 Å². The van der Waals surface area contributed by atoms with Crippen molar-refractivity contribution in [1.29, 1.82) is 0 Å². The lowest BCUT2D eigenvalue weighted by Crippen LogP contribution is -2.21. The molecule has 1 fully saturated rings. The average Bonchev–Trinajstić information content (AvgIpc) is 2.74. The largest absolute Gasteiger partial charge is 0.356 e. The maximum absolute atomic E-state index is 11.6. The fraction of sp³-hybridized carbons (Fsp3) is 0.533. The number of hydrogen-bond acceptors (Lipinski definition) is 1. The molecule has 0 radical (unpaired) electrons. The second-order valence-electron chi connectivity index (χ2n) is 4.21. The van der Waals surface area contributed by atoms with E-state index in [1.165, 1.54) is 5.56 Å². The van der Waals surface area contributed by atoms with E-state index in [-0.39, 0.29) is 11.8 Å². The summed E-state index contributed by atoms with van der Waals surface area (Å²) in [5.41, 5.74) is 1.26. The molecule has 17 heavy (non-hydrogen) atoms. The molecular formula is C15H23NO. The van der Waals surface area contributed by atoms with Gasteiger partial charge in [0.25, 0.3) is 0 Å². The number of rotatable bonds is 3. The SMILES string of the molecule is CC.CCC1CNC(=O)C1Cc1ccccc1. The van der Waals surface area contributed by atoms with Gasteiger partial charge in [0, 0.05) is 12.5 Å². The fourth-order valence-corrected chi connectivity index (χ4v) is 2.28. The van der Waals surface area contributed by atoms with Gasteiger partial charge in [0.05, 0.1) is 0 Å². The van der Waals surface area contributed by atoms with Crippen LogP contribution in [0, 0.1) is 11.8 Å². The van der Waals surface area contributed by atoms with Crippen molar-refractivity contribution in [3.8, 4) is 0 Å². The minimum absolute atomic E-state index is 0.178. The van der Waals surface area contributed by atoms with E-state index in [9.17, 15) is 4.79 Å². The molecule has 2 unspecified atom stereocenters. The molecule has 94 valence electrons. The van der Waals surface area contributed by atoms with Crippen LogP contribution in [0.4, 0.5) is 0 Å². The van der Waals surface area contributed by atoms with Gasteiger partial charge in [-0.15, -0.1) is 0 Å². The van der Waals surface area contributed by atoms with Crippen molar-refractivity contribution in [2.24, 2.45) is 11.8 Å². The van der Waals surface area contributed by atoms with Crippen molar-refractivity contribution < 1.29 is 4.79 Å². The topological polar surface area (TPSA) is 29.1 Å². The summed E-state index contributed by atoms with van der Waals surface area (Å²) in [5, 5.41) is 2.95. The summed E-state index contributed by atoms with van der Waals surface area (Å²) in [7, 11) is 0. The average molecular weight is 233 g/mol. The standard InChI is InChI=1S/C13H17NO.C2H6/c1-2-11-9-14-13(15)12(11)8-10-6-4-3-5-7-10;1-2/h3-7,11-12H,2,8-9H2,1H3,(H,14,15);1-2H3. The van der Waals surface area contributed by atoms with Crippen molar-refractivity contribution in [3.05, 3.63) is 35.9 Å². The number of benzene rings is 1. The predicted octanol–water partition coefficient (Wildman–Crippen LogP) is 3.03. The van der Waals surface area contributed by atoms with Gasteiger partial charge in [0.1, 0.15) is 0 Å². The monoisotopic (exact) mass is 233 g/mol. The molecule has 0 aromatic heterocycles. The number of carbonyl (C=O) groups is 1. The van der Waals surface area contributed by atoms with Crippen LogP contribution in [0.3, 0.4) is 0 Å². The molecule has 2 rings (SSSR count). The van der Waals surface area contributed by atoms with Crippen molar-refractivity contribution >= 4 is 5.91 Å². The van der Waals surface area contributed by atoms with Gasteiger partial charge in [-0.05, 0) is 17.9 Å². The summed E-state index contributed by atoms with van der Waals surface area (Å²) in [6, 6.07) is 10.3.